The first kappa shape index (κ1) is 17.6. The molecule has 23 heavy (non-hydrogen) atoms. The molecule has 128 valence electrons. The van der Waals surface area contributed by atoms with Gasteiger partial charge >= 0.3 is 6.03 Å². The summed E-state index contributed by atoms with van der Waals surface area (Å²) in [6, 6.07) is 5.47. The normalized spacial score (nSPS) is 20.8. The Labute approximate surface area is 138 Å². The molecule has 2 amide bonds. The number of benzene rings is 1. The number of carbonyl (C=O) groups is 1. The van der Waals surface area contributed by atoms with E-state index in [0.717, 1.165) is 49.1 Å². The van der Waals surface area contributed by atoms with E-state index in [1.165, 1.54) is 0 Å². The molecule has 0 spiro atoms. The van der Waals surface area contributed by atoms with Gasteiger partial charge in [-0.3, -0.25) is 0 Å². The molecule has 2 unspecified atom stereocenters. The average molecular weight is 320 g/mol. The van der Waals surface area contributed by atoms with Gasteiger partial charge in [0.15, 0.2) is 0 Å². The van der Waals surface area contributed by atoms with Gasteiger partial charge in [-0.15, -0.1) is 0 Å². The van der Waals surface area contributed by atoms with Crippen LogP contribution < -0.4 is 15.4 Å². The van der Waals surface area contributed by atoms with Crippen molar-refractivity contribution in [2.24, 2.45) is 5.92 Å². The number of aryl methyl sites for hydroxylation is 1. The van der Waals surface area contributed by atoms with E-state index in [1.807, 2.05) is 25.1 Å². The first-order chi connectivity index (χ1) is 11.1. The number of rotatable bonds is 6. The summed E-state index contributed by atoms with van der Waals surface area (Å²) in [5, 5.41) is 15.4. The molecule has 5 nitrogen and oxygen atoms in total. The molecule has 0 saturated heterocycles. The molecule has 0 aliphatic heterocycles. The van der Waals surface area contributed by atoms with Crippen LogP contribution in [-0.4, -0.2) is 30.4 Å². The van der Waals surface area contributed by atoms with Crippen LogP contribution in [0.5, 0.6) is 5.75 Å². The molecule has 1 aromatic carbocycles. The molecule has 0 aromatic heterocycles. The molecule has 5 heteroatoms. The third kappa shape index (κ3) is 5.75. The molecule has 1 aromatic rings. The van der Waals surface area contributed by atoms with Crippen molar-refractivity contribution in [3.8, 4) is 5.75 Å². The molecular formula is C18H28N2O3. The molecule has 3 N–H and O–H groups in total. The van der Waals surface area contributed by atoms with Gasteiger partial charge in [-0.2, -0.15) is 0 Å². The highest BCUT2D eigenvalue weighted by molar-refractivity contribution is 5.90. The zero-order valence-corrected chi connectivity index (χ0v) is 14.1. The molecule has 1 fully saturated rings. The maximum absolute atomic E-state index is 12.0. The van der Waals surface area contributed by atoms with Crippen molar-refractivity contribution in [1.82, 2.24) is 5.32 Å². The second kappa shape index (κ2) is 8.77. The summed E-state index contributed by atoms with van der Waals surface area (Å²) in [4.78, 5) is 12.0. The van der Waals surface area contributed by atoms with Crippen molar-refractivity contribution in [2.75, 3.05) is 18.5 Å². The van der Waals surface area contributed by atoms with Crippen LogP contribution in [0.1, 0.15) is 44.6 Å². The molecule has 1 aliphatic rings. The fourth-order valence-corrected chi connectivity index (χ4v) is 2.94. The van der Waals surface area contributed by atoms with Crippen LogP contribution in [0, 0.1) is 12.8 Å². The Morgan fingerprint density at radius 2 is 2.22 bits per heavy atom. The van der Waals surface area contributed by atoms with E-state index in [-0.39, 0.29) is 12.1 Å². The van der Waals surface area contributed by atoms with Crippen LogP contribution in [0.3, 0.4) is 0 Å². The summed E-state index contributed by atoms with van der Waals surface area (Å²) in [5.41, 5.74) is 1.76. The Morgan fingerprint density at radius 3 is 2.91 bits per heavy atom. The SMILES string of the molecule is CCCOc1ccc(NC(=O)NCC2CCCC(O)C2)c(C)c1. The lowest BCUT2D eigenvalue weighted by Crippen LogP contribution is -2.35. The Morgan fingerprint density at radius 1 is 1.39 bits per heavy atom. The minimum absolute atomic E-state index is 0.199. The second-order valence-electron chi connectivity index (χ2n) is 6.35. The Balaban J connectivity index is 1.80. The van der Waals surface area contributed by atoms with Crippen molar-refractivity contribution in [1.29, 1.82) is 0 Å². The number of hydrogen-bond acceptors (Lipinski definition) is 3. The van der Waals surface area contributed by atoms with Gasteiger partial charge in [-0.05, 0) is 62.3 Å². The summed E-state index contributed by atoms with van der Waals surface area (Å²) in [6.07, 6.45) is 4.53. The standard InChI is InChI=1S/C18H28N2O3/c1-3-9-23-16-7-8-17(13(2)10-16)20-18(22)19-12-14-5-4-6-15(21)11-14/h7-8,10,14-15,21H,3-6,9,11-12H2,1-2H3,(H2,19,20,22). The van der Waals surface area contributed by atoms with Gasteiger partial charge in [-0.25, -0.2) is 4.79 Å². The monoisotopic (exact) mass is 320 g/mol. The lowest BCUT2D eigenvalue weighted by molar-refractivity contribution is 0.101. The predicted octanol–water partition coefficient (Wildman–Crippen LogP) is 3.46. The summed E-state index contributed by atoms with van der Waals surface area (Å²) in [5.74, 6) is 1.20. The maximum Gasteiger partial charge on any atom is 0.319 e. The number of urea groups is 1. The van der Waals surface area contributed by atoms with Crippen molar-refractivity contribution in [2.45, 2.75) is 52.1 Å². The number of amides is 2. The molecular weight excluding hydrogens is 292 g/mol. The molecule has 1 saturated carbocycles. The van der Waals surface area contributed by atoms with Gasteiger partial charge in [0.2, 0.25) is 0 Å². The molecule has 2 atom stereocenters. The highest BCUT2D eigenvalue weighted by Gasteiger charge is 2.20. The number of ether oxygens (including phenoxy) is 1. The second-order valence-corrected chi connectivity index (χ2v) is 6.35. The van der Waals surface area contributed by atoms with Gasteiger partial charge < -0.3 is 20.5 Å². The first-order valence-electron chi connectivity index (χ1n) is 8.55. The van der Waals surface area contributed by atoms with Crippen LogP contribution in [0.15, 0.2) is 18.2 Å². The third-order valence-electron chi connectivity index (χ3n) is 4.23. The number of hydrogen-bond donors (Lipinski definition) is 3. The first-order valence-corrected chi connectivity index (χ1v) is 8.55. The van der Waals surface area contributed by atoms with Crippen LogP contribution in [0.25, 0.3) is 0 Å². The average Bonchev–Trinajstić information content (AvgIpc) is 2.53. The van der Waals surface area contributed by atoms with Gasteiger partial charge in [-0.1, -0.05) is 13.3 Å². The number of anilines is 1. The number of carbonyl (C=O) groups excluding carboxylic acids is 1. The van der Waals surface area contributed by atoms with Crippen LogP contribution >= 0.6 is 0 Å². The lowest BCUT2D eigenvalue weighted by atomic mass is 9.87. The highest BCUT2D eigenvalue weighted by atomic mass is 16.5. The molecule has 1 aliphatic carbocycles. The van der Waals surface area contributed by atoms with Crippen molar-refractivity contribution >= 4 is 11.7 Å². The van der Waals surface area contributed by atoms with Gasteiger partial charge in [0.05, 0.1) is 12.7 Å². The molecule has 2 rings (SSSR count). The lowest BCUT2D eigenvalue weighted by Gasteiger charge is -2.26. The van der Waals surface area contributed by atoms with Gasteiger partial charge in [0.25, 0.3) is 0 Å². The van der Waals surface area contributed by atoms with Gasteiger partial charge in [0.1, 0.15) is 5.75 Å². The van der Waals surface area contributed by atoms with E-state index < -0.39 is 0 Å². The number of aliphatic hydroxyl groups is 1. The van der Waals surface area contributed by atoms with Crippen molar-refractivity contribution in [3.63, 3.8) is 0 Å². The van der Waals surface area contributed by atoms with Gasteiger partial charge in [0, 0.05) is 12.2 Å². The minimum Gasteiger partial charge on any atom is -0.494 e. The summed E-state index contributed by atoms with van der Waals surface area (Å²) < 4.78 is 5.58. The maximum atomic E-state index is 12.0. The van der Waals surface area contributed by atoms with Crippen molar-refractivity contribution < 1.29 is 14.6 Å². The van der Waals surface area contributed by atoms with Crippen molar-refractivity contribution in [3.05, 3.63) is 23.8 Å². The van der Waals surface area contributed by atoms with E-state index >= 15 is 0 Å². The summed E-state index contributed by atoms with van der Waals surface area (Å²) in [7, 11) is 0. The Hall–Kier alpha value is -1.75. The topological polar surface area (TPSA) is 70.6 Å². The number of aliphatic hydroxyl groups excluding tert-OH is 1. The number of nitrogens with one attached hydrogen (secondary N) is 2. The fourth-order valence-electron chi connectivity index (χ4n) is 2.94. The zero-order chi connectivity index (χ0) is 16.7. The molecule has 0 bridgehead atoms. The highest BCUT2D eigenvalue weighted by Crippen LogP contribution is 2.24. The Kier molecular flexibility index (Phi) is 6.71. The molecule has 0 heterocycles. The van der Waals surface area contributed by atoms with Crippen LogP contribution in [-0.2, 0) is 0 Å². The molecule has 0 radical (unpaired) electrons. The van der Waals surface area contributed by atoms with E-state index in [4.69, 9.17) is 4.74 Å². The van der Waals surface area contributed by atoms with Crippen LogP contribution in [0.2, 0.25) is 0 Å². The zero-order valence-electron chi connectivity index (χ0n) is 14.1. The van der Waals surface area contributed by atoms with Crippen LogP contribution in [0.4, 0.5) is 10.5 Å². The van der Waals surface area contributed by atoms with E-state index in [0.29, 0.717) is 19.1 Å². The summed E-state index contributed by atoms with van der Waals surface area (Å²) >= 11 is 0. The smallest absolute Gasteiger partial charge is 0.319 e. The fraction of sp³-hybridized carbons (Fsp3) is 0.611. The predicted molar refractivity (Wildman–Crippen MR) is 92.0 cm³/mol. The van der Waals surface area contributed by atoms with E-state index in [1.54, 1.807) is 0 Å². The van der Waals surface area contributed by atoms with E-state index in [2.05, 4.69) is 17.6 Å². The minimum atomic E-state index is -0.212. The quantitative estimate of drug-likeness (QED) is 0.752. The van der Waals surface area contributed by atoms with E-state index in [9.17, 15) is 9.90 Å². The Bertz CT molecular complexity index is 519. The third-order valence-corrected chi connectivity index (χ3v) is 4.23. The largest absolute Gasteiger partial charge is 0.494 e. The summed E-state index contributed by atoms with van der Waals surface area (Å²) in [6.45, 7) is 5.32.